The fraction of sp³-hybridized carbons (Fsp3) is 0.455. The molecule has 1 N–H and O–H groups in total. The van der Waals surface area contributed by atoms with Crippen molar-refractivity contribution in [1.29, 1.82) is 0 Å². The molecule has 84 valence electrons. The molecule has 0 heterocycles. The van der Waals surface area contributed by atoms with E-state index in [9.17, 15) is 8.42 Å². The fourth-order valence-corrected chi connectivity index (χ4v) is 1.93. The molecule has 1 aromatic rings. The lowest BCUT2D eigenvalue weighted by molar-refractivity contribution is 0.482. The Morgan fingerprint density at radius 3 is 1.93 bits per heavy atom. The molecule has 0 aliphatic carbocycles. The van der Waals surface area contributed by atoms with Crippen molar-refractivity contribution in [2.24, 2.45) is 0 Å². The molecule has 0 radical (unpaired) electrons. The highest BCUT2D eigenvalue weighted by Crippen LogP contribution is 2.22. The van der Waals surface area contributed by atoms with Crippen molar-refractivity contribution in [3.63, 3.8) is 0 Å². The standard InChI is InChI=1S/C11H16O3S/c1-11(2,3)10-6-4-9(5-7-10)8-15(12,13)14/h4-7H,8H2,1-3H3,(H,12,13,14). The van der Waals surface area contributed by atoms with Crippen LogP contribution in [-0.4, -0.2) is 13.0 Å². The van der Waals surface area contributed by atoms with E-state index in [1.807, 2.05) is 12.1 Å². The van der Waals surface area contributed by atoms with Gasteiger partial charge in [0.05, 0.1) is 0 Å². The Bertz CT molecular complexity index is 424. The van der Waals surface area contributed by atoms with Gasteiger partial charge in [0.25, 0.3) is 10.1 Å². The second-order valence-electron chi connectivity index (χ2n) is 4.67. The van der Waals surface area contributed by atoms with E-state index >= 15 is 0 Å². The monoisotopic (exact) mass is 228 g/mol. The van der Waals surface area contributed by atoms with Gasteiger partial charge < -0.3 is 0 Å². The summed E-state index contributed by atoms with van der Waals surface area (Å²) in [6, 6.07) is 7.24. The van der Waals surface area contributed by atoms with Crippen LogP contribution in [0.25, 0.3) is 0 Å². The highest BCUT2D eigenvalue weighted by atomic mass is 32.2. The van der Waals surface area contributed by atoms with Crippen molar-refractivity contribution in [1.82, 2.24) is 0 Å². The Hall–Kier alpha value is -0.870. The van der Waals surface area contributed by atoms with Crippen LogP contribution in [0, 0.1) is 0 Å². The first-order valence-corrected chi connectivity index (χ1v) is 6.34. The summed E-state index contributed by atoms with van der Waals surface area (Å²) in [5, 5.41) is 0. The number of hydrogen-bond donors (Lipinski definition) is 1. The van der Waals surface area contributed by atoms with Crippen LogP contribution in [0.3, 0.4) is 0 Å². The lowest BCUT2D eigenvalue weighted by Gasteiger charge is -2.18. The smallest absolute Gasteiger partial charge is 0.269 e. The van der Waals surface area contributed by atoms with E-state index in [4.69, 9.17) is 4.55 Å². The molecule has 0 saturated heterocycles. The zero-order valence-corrected chi connectivity index (χ0v) is 10.0. The van der Waals surface area contributed by atoms with Gasteiger partial charge in [-0.25, -0.2) is 0 Å². The minimum Gasteiger partial charge on any atom is -0.285 e. The molecule has 0 saturated carbocycles. The van der Waals surface area contributed by atoms with Crippen LogP contribution in [0.1, 0.15) is 31.9 Å². The van der Waals surface area contributed by atoms with Gasteiger partial charge in [-0.2, -0.15) is 8.42 Å². The molecule has 0 atom stereocenters. The molecular formula is C11H16O3S. The van der Waals surface area contributed by atoms with Gasteiger partial charge in [-0.1, -0.05) is 45.0 Å². The summed E-state index contributed by atoms with van der Waals surface area (Å²) in [7, 11) is -3.93. The van der Waals surface area contributed by atoms with Crippen LogP contribution in [0.15, 0.2) is 24.3 Å². The average molecular weight is 228 g/mol. The highest BCUT2D eigenvalue weighted by Gasteiger charge is 2.13. The number of rotatable bonds is 2. The average Bonchev–Trinajstić information content (AvgIpc) is 2.00. The largest absolute Gasteiger partial charge is 0.285 e. The van der Waals surface area contributed by atoms with Crippen LogP contribution in [0.2, 0.25) is 0 Å². The lowest BCUT2D eigenvalue weighted by Crippen LogP contribution is -2.11. The van der Waals surface area contributed by atoms with E-state index in [1.54, 1.807) is 12.1 Å². The third-order valence-corrected chi connectivity index (χ3v) is 2.87. The molecule has 0 aliphatic heterocycles. The minimum absolute atomic E-state index is 0.0522. The van der Waals surface area contributed by atoms with Crippen molar-refractivity contribution in [2.75, 3.05) is 0 Å². The molecule has 4 heteroatoms. The SMILES string of the molecule is CC(C)(C)c1ccc(CS(=O)(=O)O)cc1. The van der Waals surface area contributed by atoms with Crippen molar-refractivity contribution >= 4 is 10.1 Å². The molecule has 15 heavy (non-hydrogen) atoms. The van der Waals surface area contributed by atoms with Gasteiger partial charge in [0, 0.05) is 0 Å². The molecule has 0 bridgehead atoms. The summed E-state index contributed by atoms with van der Waals surface area (Å²) in [5.74, 6) is -0.322. The van der Waals surface area contributed by atoms with E-state index in [1.165, 1.54) is 0 Å². The van der Waals surface area contributed by atoms with Gasteiger partial charge in [-0.05, 0) is 16.5 Å². The van der Waals surface area contributed by atoms with E-state index in [2.05, 4.69) is 20.8 Å². The molecule has 0 aromatic heterocycles. The molecule has 0 amide bonds. The normalized spacial score (nSPS) is 12.8. The summed E-state index contributed by atoms with van der Waals surface area (Å²) in [6.07, 6.45) is 0. The molecule has 1 aromatic carbocycles. The van der Waals surface area contributed by atoms with E-state index in [0.717, 1.165) is 5.56 Å². The Morgan fingerprint density at radius 1 is 1.13 bits per heavy atom. The zero-order valence-electron chi connectivity index (χ0n) is 9.19. The molecule has 1 rings (SSSR count). The first-order chi connectivity index (χ1) is 6.68. The maximum atomic E-state index is 10.6. The van der Waals surface area contributed by atoms with E-state index in [0.29, 0.717) is 5.56 Å². The second-order valence-corrected chi connectivity index (χ2v) is 6.13. The van der Waals surface area contributed by atoms with Gasteiger partial charge in [0.2, 0.25) is 0 Å². The zero-order chi connectivity index (χ0) is 11.7. The van der Waals surface area contributed by atoms with Crippen molar-refractivity contribution in [3.05, 3.63) is 35.4 Å². The van der Waals surface area contributed by atoms with Gasteiger partial charge in [0.15, 0.2) is 0 Å². The Labute approximate surface area is 90.9 Å². The first kappa shape index (κ1) is 12.2. The molecule has 3 nitrogen and oxygen atoms in total. The second kappa shape index (κ2) is 3.94. The van der Waals surface area contributed by atoms with Crippen LogP contribution in [0.5, 0.6) is 0 Å². The van der Waals surface area contributed by atoms with Gasteiger partial charge in [0.1, 0.15) is 5.75 Å². The first-order valence-electron chi connectivity index (χ1n) is 4.73. The van der Waals surface area contributed by atoms with Gasteiger partial charge in [-0.3, -0.25) is 4.55 Å². The molecule has 0 spiro atoms. The van der Waals surface area contributed by atoms with Crippen molar-refractivity contribution in [3.8, 4) is 0 Å². The third-order valence-electron chi connectivity index (χ3n) is 2.17. The molecule has 0 aliphatic rings. The van der Waals surface area contributed by atoms with E-state index < -0.39 is 10.1 Å². The number of benzene rings is 1. The Balaban J connectivity index is 2.91. The topological polar surface area (TPSA) is 54.4 Å². The molecule has 0 fully saturated rings. The van der Waals surface area contributed by atoms with Crippen LogP contribution < -0.4 is 0 Å². The predicted molar refractivity (Wildman–Crippen MR) is 60.4 cm³/mol. The third kappa shape index (κ3) is 4.01. The van der Waals surface area contributed by atoms with Gasteiger partial charge >= 0.3 is 0 Å². The van der Waals surface area contributed by atoms with Crippen LogP contribution in [-0.2, 0) is 21.3 Å². The summed E-state index contributed by atoms with van der Waals surface area (Å²) in [6.45, 7) is 6.26. The summed E-state index contributed by atoms with van der Waals surface area (Å²) >= 11 is 0. The fourth-order valence-electron chi connectivity index (χ4n) is 1.31. The van der Waals surface area contributed by atoms with Crippen LogP contribution in [0.4, 0.5) is 0 Å². The summed E-state index contributed by atoms with van der Waals surface area (Å²) in [4.78, 5) is 0. The predicted octanol–water partition coefficient (Wildman–Crippen LogP) is 2.37. The minimum atomic E-state index is -3.93. The number of hydrogen-bond acceptors (Lipinski definition) is 2. The quantitative estimate of drug-likeness (QED) is 0.791. The van der Waals surface area contributed by atoms with Crippen LogP contribution >= 0.6 is 0 Å². The Kier molecular flexibility index (Phi) is 3.21. The van der Waals surface area contributed by atoms with Crippen molar-refractivity contribution < 1.29 is 13.0 Å². The maximum absolute atomic E-state index is 10.6. The Morgan fingerprint density at radius 2 is 1.60 bits per heavy atom. The van der Waals surface area contributed by atoms with E-state index in [-0.39, 0.29) is 11.2 Å². The lowest BCUT2D eigenvalue weighted by atomic mass is 9.87. The van der Waals surface area contributed by atoms with Gasteiger partial charge in [-0.15, -0.1) is 0 Å². The highest BCUT2D eigenvalue weighted by molar-refractivity contribution is 7.85. The van der Waals surface area contributed by atoms with Crippen molar-refractivity contribution in [2.45, 2.75) is 31.9 Å². The summed E-state index contributed by atoms with van der Waals surface area (Å²) in [5.41, 5.74) is 1.79. The molecular weight excluding hydrogens is 212 g/mol. The molecule has 0 unspecified atom stereocenters. The summed E-state index contributed by atoms with van der Waals surface area (Å²) < 4.78 is 29.9. The maximum Gasteiger partial charge on any atom is 0.269 e.